The third-order valence-corrected chi connectivity index (χ3v) is 2.00. The van der Waals surface area contributed by atoms with Crippen LogP contribution in [0, 0.1) is 5.41 Å². The summed E-state index contributed by atoms with van der Waals surface area (Å²) in [6.07, 6.45) is 0. The van der Waals surface area contributed by atoms with E-state index < -0.39 is 0 Å². The maximum absolute atomic E-state index is 3.26. The molecule has 54 valence electrons. The number of hydrogen-bond donors (Lipinski definition) is 2. The number of rotatable bonds is 0. The first-order valence-corrected chi connectivity index (χ1v) is 3.83. The van der Waals surface area contributed by atoms with E-state index in [0.717, 1.165) is 5.41 Å². The van der Waals surface area contributed by atoms with E-state index >= 15 is 0 Å². The molecule has 1 spiro atoms. The summed E-state index contributed by atoms with van der Waals surface area (Å²) in [5, 5.41) is 6.53. The van der Waals surface area contributed by atoms with Gasteiger partial charge in [0, 0.05) is 31.6 Å². The van der Waals surface area contributed by atoms with Crippen molar-refractivity contribution >= 4 is 0 Å². The predicted molar refractivity (Wildman–Crippen MR) is 39.5 cm³/mol. The van der Waals surface area contributed by atoms with E-state index in [1.165, 1.54) is 26.2 Å². The van der Waals surface area contributed by atoms with Gasteiger partial charge in [0.05, 0.1) is 0 Å². The smallest absolute Gasteiger partial charge is 0.0202 e. The summed E-state index contributed by atoms with van der Waals surface area (Å²) in [5.74, 6) is 0. The van der Waals surface area contributed by atoms with Gasteiger partial charge in [-0.05, 0) is 0 Å². The van der Waals surface area contributed by atoms with Crippen LogP contribution >= 0.6 is 0 Å². The van der Waals surface area contributed by atoms with Gasteiger partial charge in [-0.3, -0.25) is 0 Å². The zero-order valence-electron chi connectivity index (χ0n) is 6.33. The Balaban J connectivity index is 0.000000186. The first kappa shape index (κ1) is 7.03. The Hall–Kier alpha value is -0.0800. The van der Waals surface area contributed by atoms with Gasteiger partial charge in [0.1, 0.15) is 0 Å². The molecule has 2 saturated heterocycles. The summed E-state index contributed by atoms with van der Waals surface area (Å²) in [7, 11) is 0. The molecule has 0 radical (unpaired) electrons. The van der Waals surface area contributed by atoms with Crippen molar-refractivity contribution in [3.63, 3.8) is 0 Å². The van der Waals surface area contributed by atoms with Gasteiger partial charge in [-0.1, -0.05) is 13.8 Å². The molecule has 2 rings (SSSR count). The first-order valence-electron chi connectivity index (χ1n) is 3.83. The Morgan fingerprint density at radius 3 is 1.22 bits per heavy atom. The molecule has 9 heavy (non-hydrogen) atoms. The van der Waals surface area contributed by atoms with Gasteiger partial charge in [0.2, 0.25) is 0 Å². The van der Waals surface area contributed by atoms with Crippen LogP contribution in [0.3, 0.4) is 0 Å². The van der Waals surface area contributed by atoms with Gasteiger partial charge >= 0.3 is 0 Å². The quantitative estimate of drug-likeness (QED) is 0.487. The summed E-state index contributed by atoms with van der Waals surface area (Å²) < 4.78 is 0. The molecular formula is C7H16N2. The summed E-state index contributed by atoms with van der Waals surface area (Å²) >= 11 is 0. The van der Waals surface area contributed by atoms with Crippen molar-refractivity contribution in [3.05, 3.63) is 0 Å². The highest BCUT2D eigenvalue weighted by atomic mass is 15.1. The molecule has 2 heteroatoms. The molecule has 0 aromatic carbocycles. The van der Waals surface area contributed by atoms with Gasteiger partial charge in [-0.2, -0.15) is 0 Å². The van der Waals surface area contributed by atoms with Crippen molar-refractivity contribution in [1.82, 2.24) is 10.6 Å². The number of hydrogen-bond acceptors (Lipinski definition) is 2. The lowest BCUT2D eigenvalue weighted by molar-refractivity contribution is 0.0895. The van der Waals surface area contributed by atoms with Crippen molar-refractivity contribution < 1.29 is 0 Å². The van der Waals surface area contributed by atoms with Crippen molar-refractivity contribution in [3.8, 4) is 0 Å². The number of nitrogens with one attached hydrogen (secondary N) is 2. The topological polar surface area (TPSA) is 24.1 Å². The fraction of sp³-hybridized carbons (Fsp3) is 1.00. The molecule has 2 heterocycles. The van der Waals surface area contributed by atoms with Crippen LogP contribution in [-0.2, 0) is 0 Å². The molecule has 0 aromatic rings. The maximum atomic E-state index is 3.26. The Morgan fingerprint density at radius 2 is 1.22 bits per heavy atom. The van der Waals surface area contributed by atoms with Crippen LogP contribution in [0.4, 0.5) is 0 Å². The average Bonchev–Trinajstić information content (AvgIpc) is 1.63. The highest BCUT2D eigenvalue weighted by Crippen LogP contribution is 2.25. The third kappa shape index (κ3) is 1.10. The molecule has 2 aliphatic rings. The molecule has 0 unspecified atom stereocenters. The van der Waals surface area contributed by atoms with Crippen LogP contribution in [0.1, 0.15) is 13.8 Å². The van der Waals surface area contributed by atoms with Crippen LogP contribution in [0.15, 0.2) is 0 Å². The molecule has 0 atom stereocenters. The molecule has 0 saturated carbocycles. The second-order valence-corrected chi connectivity index (χ2v) is 2.71. The Morgan fingerprint density at radius 1 is 0.889 bits per heavy atom. The standard InChI is InChI=1S/C5H10N2.C2H6/c1-5(2-6-1)3-7-4-5;1-2/h6-7H,1-4H2;1-2H3. The SMILES string of the molecule is C1NCC12CNC2.CC. The van der Waals surface area contributed by atoms with E-state index in [0.29, 0.717) is 0 Å². The van der Waals surface area contributed by atoms with Crippen molar-refractivity contribution in [2.45, 2.75) is 13.8 Å². The first-order chi connectivity index (χ1) is 4.41. The lowest BCUT2D eigenvalue weighted by Crippen LogP contribution is -2.69. The zero-order chi connectivity index (χ0) is 6.74. The normalized spacial score (nSPS) is 27.3. The van der Waals surface area contributed by atoms with Crippen molar-refractivity contribution in [1.29, 1.82) is 0 Å². The van der Waals surface area contributed by atoms with E-state index in [9.17, 15) is 0 Å². The zero-order valence-corrected chi connectivity index (χ0v) is 6.33. The Bertz CT molecular complexity index is 67.4. The molecule has 0 bridgehead atoms. The molecular weight excluding hydrogens is 112 g/mol. The second-order valence-electron chi connectivity index (χ2n) is 2.71. The van der Waals surface area contributed by atoms with Gasteiger partial charge in [-0.25, -0.2) is 0 Å². The molecule has 2 fully saturated rings. The predicted octanol–water partition coefficient (Wildman–Crippen LogP) is 0.205. The molecule has 2 aliphatic heterocycles. The molecule has 0 amide bonds. The van der Waals surface area contributed by atoms with Crippen LogP contribution in [0.2, 0.25) is 0 Å². The van der Waals surface area contributed by atoms with Gasteiger partial charge in [0.25, 0.3) is 0 Å². The summed E-state index contributed by atoms with van der Waals surface area (Å²) in [6, 6.07) is 0. The average molecular weight is 128 g/mol. The van der Waals surface area contributed by atoms with Crippen LogP contribution in [0.25, 0.3) is 0 Å². The minimum absolute atomic E-state index is 0.722. The summed E-state index contributed by atoms with van der Waals surface area (Å²) in [6.45, 7) is 9.00. The fourth-order valence-electron chi connectivity index (χ4n) is 1.21. The lowest BCUT2D eigenvalue weighted by atomic mass is 9.76. The molecule has 2 nitrogen and oxygen atoms in total. The van der Waals surface area contributed by atoms with Crippen molar-refractivity contribution in [2.75, 3.05) is 26.2 Å². The van der Waals surface area contributed by atoms with E-state index in [2.05, 4.69) is 10.6 Å². The molecule has 2 N–H and O–H groups in total. The van der Waals surface area contributed by atoms with Crippen LogP contribution in [0.5, 0.6) is 0 Å². The van der Waals surface area contributed by atoms with E-state index in [-0.39, 0.29) is 0 Å². The van der Waals surface area contributed by atoms with Gasteiger partial charge in [-0.15, -0.1) is 0 Å². The lowest BCUT2D eigenvalue weighted by Gasteiger charge is -2.50. The fourth-order valence-corrected chi connectivity index (χ4v) is 1.21. The van der Waals surface area contributed by atoms with E-state index in [4.69, 9.17) is 0 Å². The summed E-state index contributed by atoms with van der Waals surface area (Å²) in [4.78, 5) is 0. The second kappa shape index (κ2) is 2.67. The Labute approximate surface area is 57.0 Å². The highest BCUT2D eigenvalue weighted by molar-refractivity contribution is 5.01. The van der Waals surface area contributed by atoms with E-state index in [1.807, 2.05) is 13.8 Å². The Kier molecular flexibility index (Phi) is 2.09. The maximum Gasteiger partial charge on any atom is 0.0202 e. The van der Waals surface area contributed by atoms with Crippen LogP contribution < -0.4 is 10.6 Å². The van der Waals surface area contributed by atoms with E-state index in [1.54, 1.807) is 0 Å². The highest BCUT2D eigenvalue weighted by Gasteiger charge is 2.41. The minimum Gasteiger partial charge on any atom is -0.315 e. The van der Waals surface area contributed by atoms with Crippen LogP contribution in [-0.4, -0.2) is 26.2 Å². The molecule has 0 aliphatic carbocycles. The van der Waals surface area contributed by atoms with Gasteiger partial charge in [0.15, 0.2) is 0 Å². The van der Waals surface area contributed by atoms with Crippen molar-refractivity contribution in [2.24, 2.45) is 5.41 Å². The van der Waals surface area contributed by atoms with Gasteiger partial charge < -0.3 is 10.6 Å². The summed E-state index contributed by atoms with van der Waals surface area (Å²) in [5.41, 5.74) is 0.722. The third-order valence-electron chi connectivity index (χ3n) is 2.00. The molecule has 0 aromatic heterocycles. The monoisotopic (exact) mass is 128 g/mol. The largest absolute Gasteiger partial charge is 0.315 e. The minimum atomic E-state index is 0.722.